The van der Waals surface area contributed by atoms with Crippen molar-refractivity contribution in [2.24, 2.45) is 0 Å². The number of aliphatic hydroxyl groups is 1. The molecule has 1 N–H and O–H groups in total. The lowest BCUT2D eigenvalue weighted by Gasteiger charge is -2.16. The molecule has 1 unspecified atom stereocenters. The van der Waals surface area contributed by atoms with Crippen LogP contribution >= 0.6 is 0 Å². The lowest BCUT2D eigenvalue weighted by molar-refractivity contribution is 0.0975. The van der Waals surface area contributed by atoms with Gasteiger partial charge >= 0.3 is 0 Å². The van der Waals surface area contributed by atoms with E-state index in [9.17, 15) is 5.11 Å². The number of rotatable bonds is 16. The molecule has 0 aromatic heterocycles. The van der Waals surface area contributed by atoms with Crippen LogP contribution in [0.25, 0.3) is 43.8 Å². The number of hydrogen-bond acceptors (Lipinski definition) is 2. The van der Waals surface area contributed by atoms with Gasteiger partial charge in [0.2, 0.25) is 0 Å². The molecule has 0 fully saturated rings. The molecule has 0 radical (unpaired) electrons. The molecule has 0 heterocycles. The van der Waals surface area contributed by atoms with Crippen LogP contribution in [0.5, 0.6) is 5.75 Å². The van der Waals surface area contributed by atoms with E-state index in [4.69, 9.17) is 4.74 Å². The number of ether oxygens (including phenoxy) is 1. The molecule has 0 saturated heterocycles. The first kappa shape index (κ1) is 29.9. The van der Waals surface area contributed by atoms with Crippen molar-refractivity contribution in [1.82, 2.24) is 0 Å². The average Bonchev–Trinajstić information content (AvgIpc) is 3.04. The Kier molecular flexibility index (Phi) is 11.1. The lowest BCUT2D eigenvalue weighted by atomic mass is 9.88. The minimum absolute atomic E-state index is 0.342. The Morgan fingerprint density at radius 3 is 1.88 bits per heavy atom. The summed E-state index contributed by atoms with van der Waals surface area (Å²) in [6.07, 6.45) is 13.5. The molecule has 0 aliphatic carbocycles. The first-order valence-corrected chi connectivity index (χ1v) is 16.1. The molecule has 218 valence electrons. The minimum Gasteiger partial charge on any atom is -0.491 e. The van der Waals surface area contributed by atoms with Crippen LogP contribution in [0.3, 0.4) is 0 Å². The smallest absolute Gasteiger partial charge is 0.119 e. The van der Waals surface area contributed by atoms with Crippen molar-refractivity contribution in [3.63, 3.8) is 0 Å². The van der Waals surface area contributed by atoms with Crippen molar-refractivity contribution in [1.29, 1.82) is 0 Å². The van der Waals surface area contributed by atoms with Crippen LogP contribution in [-0.2, 0) is 0 Å². The third kappa shape index (κ3) is 8.01. The molecule has 0 saturated carbocycles. The Morgan fingerprint density at radius 1 is 0.571 bits per heavy atom. The van der Waals surface area contributed by atoms with Gasteiger partial charge in [-0.2, -0.15) is 0 Å². The maximum Gasteiger partial charge on any atom is 0.119 e. The molecule has 0 aliphatic heterocycles. The normalized spacial score (nSPS) is 12.1. The summed E-state index contributed by atoms with van der Waals surface area (Å²) < 4.78 is 5.98. The third-order valence-corrected chi connectivity index (χ3v) is 8.45. The average molecular weight is 559 g/mol. The Morgan fingerprint density at radius 2 is 1.19 bits per heavy atom. The van der Waals surface area contributed by atoms with Gasteiger partial charge in [-0.1, -0.05) is 150 Å². The minimum atomic E-state index is -0.418. The van der Waals surface area contributed by atoms with E-state index in [0.29, 0.717) is 6.61 Å². The lowest BCUT2D eigenvalue weighted by Crippen LogP contribution is -2.17. The quantitative estimate of drug-likeness (QED) is 0.0964. The molecule has 0 aliphatic rings. The topological polar surface area (TPSA) is 29.5 Å². The summed E-state index contributed by atoms with van der Waals surface area (Å²) in [5, 5.41) is 15.5. The van der Waals surface area contributed by atoms with Crippen LogP contribution < -0.4 is 4.74 Å². The van der Waals surface area contributed by atoms with Gasteiger partial charge in [-0.05, 0) is 74.5 Å². The Labute approximate surface area is 252 Å². The molecule has 2 heteroatoms. The van der Waals surface area contributed by atoms with Gasteiger partial charge in [0.25, 0.3) is 0 Å². The summed E-state index contributed by atoms with van der Waals surface area (Å²) >= 11 is 0. The van der Waals surface area contributed by atoms with E-state index in [1.807, 2.05) is 12.1 Å². The zero-order valence-corrected chi connectivity index (χ0v) is 25.2. The predicted molar refractivity (Wildman–Crippen MR) is 180 cm³/mol. The van der Waals surface area contributed by atoms with Crippen molar-refractivity contribution in [3.05, 3.63) is 103 Å². The van der Waals surface area contributed by atoms with E-state index >= 15 is 0 Å². The molecule has 2 nitrogen and oxygen atoms in total. The fraction of sp³-hybridized carbons (Fsp3) is 0.350. The molecule has 5 rings (SSSR count). The second-order valence-electron chi connectivity index (χ2n) is 11.7. The third-order valence-electron chi connectivity index (χ3n) is 8.45. The summed E-state index contributed by atoms with van der Waals surface area (Å²) in [4.78, 5) is 0. The maximum atomic E-state index is 10.5. The van der Waals surface area contributed by atoms with Crippen LogP contribution in [0.2, 0.25) is 0 Å². The molecule has 0 amide bonds. The molecule has 1 atom stereocenters. The first-order chi connectivity index (χ1) is 20.7. The van der Waals surface area contributed by atoms with E-state index in [0.717, 1.165) is 24.2 Å². The number of hydrogen-bond donors (Lipinski definition) is 1. The molecule has 5 aromatic carbocycles. The van der Waals surface area contributed by atoms with Crippen molar-refractivity contribution < 1.29 is 9.84 Å². The van der Waals surface area contributed by atoms with E-state index in [1.54, 1.807) is 0 Å². The van der Waals surface area contributed by atoms with Crippen LogP contribution in [0.1, 0.15) is 77.6 Å². The summed E-state index contributed by atoms with van der Waals surface area (Å²) in [5.41, 5.74) is 4.82. The highest BCUT2D eigenvalue weighted by Gasteiger charge is 2.13. The number of benzene rings is 5. The van der Waals surface area contributed by atoms with Crippen molar-refractivity contribution in [2.75, 3.05) is 6.61 Å². The van der Waals surface area contributed by atoms with Crippen molar-refractivity contribution >= 4 is 21.5 Å². The number of unbranched alkanes of at least 4 members (excludes halogenated alkanes) is 9. The van der Waals surface area contributed by atoms with Gasteiger partial charge in [0.05, 0.1) is 6.10 Å². The summed E-state index contributed by atoms with van der Waals surface area (Å²) in [7, 11) is 0. The van der Waals surface area contributed by atoms with Gasteiger partial charge in [-0.3, -0.25) is 0 Å². The molecule has 5 aromatic rings. The summed E-state index contributed by atoms with van der Waals surface area (Å²) in [6, 6.07) is 36.7. The molecule has 42 heavy (non-hydrogen) atoms. The maximum absolute atomic E-state index is 10.5. The SMILES string of the molecule is CCCCCCCCCCCCC(O)COc1ccc(-c2ccc3cc4ccccc4cc3c2-c2ccccc2)cc1. The number of fused-ring (bicyclic) bond motifs is 2. The molecular weight excluding hydrogens is 512 g/mol. The van der Waals surface area contributed by atoms with Gasteiger partial charge in [0, 0.05) is 0 Å². The van der Waals surface area contributed by atoms with Crippen LogP contribution in [0.4, 0.5) is 0 Å². The second kappa shape index (κ2) is 15.6. The monoisotopic (exact) mass is 558 g/mol. The highest BCUT2D eigenvalue weighted by molar-refractivity contribution is 6.09. The fourth-order valence-electron chi connectivity index (χ4n) is 6.04. The highest BCUT2D eigenvalue weighted by atomic mass is 16.5. The molecular formula is C40H46O2. The van der Waals surface area contributed by atoms with Crippen LogP contribution in [0.15, 0.2) is 103 Å². The summed E-state index contributed by atoms with van der Waals surface area (Å²) in [6.45, 7) is 2.61. The zero-order chi connectivity index (χ0) is 29.0. The Bertz CT molecular complexity index is 1520. The van der Waals surface area contributed by atoms with Gasteiger partial charge in [-0.25, -0.2) is 0 Å². The van der Waals surface area contributed by atoms with E-state index in [-0.39, 0.29) is 0 Å². The standard InChI is InChI=1S/C40H46O2/c1-2-3-4-5-6-7-8-9-10-14-21-36(41)30-42-37-25-22-31(23-26-37)38-27-24-35-28-33-19-15-16-20-34(33)29-39(35)40(38)32-17-12-11-13-18-32/h11-13,15-20,22-29,36,41H,2-10,14,21,30H2,1H3. The predicted octanol–water partition coefficient (Wildman–Crippen LogP) is 11.4. The second-order valence-corrected chi connectivity index (χ2v) is 11.7. The number of aliphatic hydroxyl groups excluding tert-OH is 1. The molecule has 0 spiro atoms. The van der Waals surface area contributed by atoms with Gasteiger partial charge < -0.3 is 9.84 Å². The highest BCUT2D eigenvalue weighted by Crippen LogP contribution is 2.40. The van der Waals surface area contributed by atoms with Crippen LogP contribution in [0, 0.1) is 0 Å². The van der Waals surface area contributed by atoms with E-state index < -0.39 is 6.10 Å². The summed E-state index contributed by atoms with van der Waals surface area (Å²) in [5.74, 6) is 0.800. The van der Waals surface area contributed by atoms with Gasteiger partial charge in [0.1, 0.15) is 12.4 Å². The largest absolute Gasteiger partial charge is 0.491 e. The van der Waals surface area contributed by atoms with Gasteiger partial charge in [-0.15, -0.1) is 0 Å². The first-order valence-electron chi connectivity index (χ1n) is 16.1. The Balaban J connectivity index is 1.19. The Hall–Kier alpha value is -3.62. The van der Waals surface area contributed by atoms with Crippen molar-refractivity contribution in [2.45, 2.75) is 83.7 Å². The van der Waals surface area contributed by atoms with Gasteiger partial charge in [0.15, 0.2) is 0 Å². The van der Waals surface area contributed by atoms with Crippen molar-refractivity contribution in [3.8, 4) is 28.0 Å². The fourth-order valence-corrected chi connectivity index (χ4v) is 6.04. The molecule has 0 bridgehead atoms. The van der Waals surface area contributed by atoms with E-state index in [2.05, 4.69) is 97.9 Å². The zero-order valence-electron chi connectivity index (χ0n) is 25.2. The van der Waals surface area contributed by atoms with Crippen LogP contribution in [-0.4, -0.2) is 17.8 Å². The van der Waals surface area contributed by atoms with E-state index in [1.165, 1.54) is 96.0 Å².